The highest BCUT2D eigenvalue weighted by atomic mass is 35.5. The first-order chi connectivity index (χ1) is 12.3. The lowest BCUT2D eigenvalue weighted by Gasteiger charge is -2.12. The van der Waals surface area contributed by atoms with Crippen LogP contribution in [0, 0.1) is 12.7 Å². The smallest absolute Gasteiger partial charge is 0.280 e. The molecular formula is C18H12Cl2FN3O2. The van der Waals surface area contributed by atoms with Gasteiger partial charge in [-0.05, 0) is 49.4 Å². The van der Waals surface area contributed by atoms with Crippen molar-refractivity contribution in [3.05, 3.63) is 86.0 Å². The number of amides is 1. The van der Waals surface area contributed by atoms with Gasteiger partial charge in [0, 0.05) is 21.8 Å². The number of aromatic nitrogens is 2. The van der Waals surface area contributed by atoms with Crippen molar-refractivity contribution in [2.45, 2.75) is 6.92 Å². The Labute approximate surface area is 158 Å². The Balaban J connectivity index is 1.99. The Kier molecular flexibility index (Phi) is 5.06. The van der Waals surface area contributed by atoms with Crippen molar-refractivity contribution < 1.29 is 9.18 Å². The summed E-state index contributed by atoms with van der Waals surface area (Å²) >= 11 is 11.6. The van der Waals surface area contributed by atoms with Crippen LogP contribution >= 0.6 is 23.2 Å². The van der Waals surface area contributed by atoms with Crippen molar-refractivity contribution in [3.63, 3.8) is 0 Å². The van der Waals surface area contributed by atoms with Crippen molar-refractivity contribution >= 4 is 34.8 Å². The molecule has 0 spiro atoms. The Hall–Kier alpha value is -2.70. The van der Waals surface area contributed by atoms with Gasteiger partial charge in [0.05, 0.1) is 11.4 Å². The summed E-state index contributed by atoms with van der Waals surface area (Å²) in [5.74, 6) is -1.53. The highest BCUT2D eigenvalue weighted by Crippen LogP contribution is 2.19. The largest absolute Gasteiger partial charge is 0.318 e. The van der Waals surface area contributed by atoms with E-state index in [4.69, 9.17) is 23.2 Å². The van der Waals surface area contributed by atoms with E-state index in [2.05, 4.69) is 10.4 Å². The summed E-state index contributed by atoms with van der Waals surface area (Å²) in [6.07, 6.45) is 0. The van der Waals surface area contributed by atoms with E-state index < -0.39 is 17.2 Å². The van der Waals surface area contributed by atoms with Gasteiger partial charge in [-0.2, -0.15) is 5.10 Å². The highest BCUT2D eigenvalue weighted by Gasteiger charge is 2.17. The van der Waals surface area contributed by atoms with E-state index in [-0.39, 0.29) is 16.4 Å². The molecule has 26 heavy (non-hydrogen) atoms. The van der Waals surface area contributed by atoms with Crippen LogP contribution in [-0.4, -0.2) is 15.7 Å². The van der Waals surface area contributed by atoms with Gasteiger partial charge in [-0.15, -0.1) is 0 Å². The van der Waals surface area contributed by atoms with Gasteiger partial charge in [0.1, 0.15) is 5.82 Å². The van der Waals surface area contributed by atoms with E-state index in [0.29, 0.717) is 16.4 Å². The quantitative estimate of drug-likeness (QED) is 0.725. The van der Waals surface area contributed by atoms with Gasteiger partial charge in [-0.3, -0.25) is 9.59 Å². The maximum atomic E-state index is 13.9. The fourth-order valence-corrected chi connectivity index (χ4v) is 2.61. The van der Waals surface area contributed by atoms with Crippen LogP contribution < -0.4 is 10.7 Å². The summed E-state index contributed by atoms with van der Waals surface area (Å²) in [5.41, 5.74) is 0.129. The number of carbonyl (C=O) groups excluding carboxylic acids is 1. The van der Waals surface area contributed by atoms with Crippen LogP contribution in [0.25, 0.3) is 5.69 Å². The molecule has 0 aliphatic rings. The molecule has 2 aromatic carbocycles. The number of rotatable bonds is 3. The topological polar surface area (TPSA) is 64.0 Å². The molecule has 1 aromatic heterocycles. The molecular weight excluding hydrogens is 380 g/mol. The third-order valence-corrected chi connectivity index (χ3v) is 4.06. The van der Waals surface area contributed by atoms with Crippen LogP contribution in [0.15, 0.2) is 53.3 Å². The second-order valence-corrected chi connectivity index (χ2v) is 6.34. The summed E-state index contributed by atoms with van der Waals surface area (Å²) < 4.78 is 15.3. The van der Waals surface area contributed by atoms with E-state index in [9.17, 15) is 14.0 Å². The molecule has 0 radical (unpaired) electrons. The maximum Gasteiger partial charge on any atom is 0.280 e. The van der Waals surface area contributed by atoms with Gasteiger partial charge in [-0.25, -0.2) is 9.07 Å². The first-order valence-electron chi connectivity index (χ1n) is 7.48. The molecule has 3 aromatic rings. The fraction of sp³-hybridized carbons (Fsp3) is 0.0556. The first kappa shape index (κ1) is 18.1. The molecule has 0 unspecified atom stereocenters. The number of carbonyl (C=O) groups is 1. The molecule has 1 amide bonds. The van der Waals surface area contributed by atoms with Crippen molar-refractivity contribution in [1.82, 2.24) is 9.78 Å². The minimum absolute atomic E-state index is 0.0979. The lowest BCUT2D eigenvalue weighted by atomic mass is 10.2. The summed E-state index contributed by atoms with van der Waals surface area (Å²) in [6.45, 7) is 1.68. The molecule has 1 N–H and O–H groups in total. The number of nitrogens with zero attached hydrogens (tertiary/aromatic N) is 2. The van der Waals surface area contributed by atoms with Crippen LogP contribution in [0.2, 0.25) is 10.0 Å². The Morgan fingerprint density at radius 3 is 2.38 bits per heavy atom. The molecule has 0 aliphatic carbocycles. The third-order valence-electron chi connectivity index (χ3n) is 3.57. The zero-order valence-corrected chi connectivity index (χ0v) is 15.0. The summed E-state index contributed by atoms with van der Waals surface area (Å²) in [7, 11) is 0. The third kappa shape index (κ3) is 3.76. The van der Waals surface area contributed by atoms with Crippen molar-refractivity contribution in [3.8, 4) is 5.69 Å². The summed E-state index contributed by atoms with van der Waals surface area (Å²) in [5, 5.41) is 7.19. The predicted octanol–water partition coefficient (Wildman–Crippen LogP) is 4.24. The molecule has 0 aliphatic heterocycles. The van der Waals surface area contributed by atoms with Gasteiger partial charge in [0.2, 0.25) is 5.43 Å². The number of halogens is 3. The number of benzene rings is 2. The minimum Gasteiger partial charge on any atom is -0.318 e. The van der Waals surface area contributed by atoms with Gasteiger partial charge in [0.15, 0.2) is 5.69 Å². The van der Waals surface area contributed by atoms with E-state index in [1.807, 2.05) is 0 Å². The van der Waals surface area contributed by atoms with Crippen molar-refractivity contribution in [2.24, 2.45) is 0 Å². The summed E-state index contributed by atoms with van der Waals surface area (Å²) in [4.78, 5) is 24.6. The van der Waals surface area contributed by atoms with E-state index in [0.717, 1.165) is 6.07 Å². The van der Waals surface area contributed by atoms with Crippen molar-refractivity contribution in [1.29, 1.82) is 0 Å². The normalized spacial score (nSPS) is 10.6. The molecule has 8 heteroatoms. The monoisotopic (exact) mass is 391 g/mol. The van der Waals surface area contributed by atoms with Crippen molar-refractivity contribution in [2.75, 3.05) is 5.32 Å². The Bertz CT molecular complexity index is 1050. The average molecular weight is 392 g/mol. The van der Waals surface area contributed by atoms with Gasteiger partial charge < -0.3 is 5.32 Å². The standard InChI is InChI=1S/C18H12Cl2FN3O2/c1-10-8-16(25)17(23-24(10)13-5-2-11(19)3-6-13)18(26)22-15-7-4-12(20)9-14(15)21/h2-9H,1H3,(H,22,26). The van der Waals surface area contributed by atoms with Gasteiger partial charge in [-0.1, -0.05) is 23.2 Å². The van der Waals surface area contributed by atoms with Crippen LogP contribution in [0.3, 0.4) is 0 Å². The van der Waals surface area contributed by atoms with E-state index in [1.165, 1.54) is 22.9 Å². The highest BCUT2D eigenvalue weighted by molar-refractivity contribution is 6.30. The zero-order chi connectivity index (χ0) is 18.8. The van der Waals surface area contributed by atoms with E-state index >= 15 is 0 Å². The minimum atomic E-state index is -0.820. The lowest BCUT2D eigenvalue weighted by molar-refractivity contribution is 0.101. The number of hydrogen-bond acceptors (Lipinski definition) is 3. The molecule has 0 saturated heterocycles. The molecule has 0 fully saturated rings. The molecule has 0 bridgehead atoms. The molecule has 5 nitrogen and oxygen atoms in total. The summed E-state index contributed by atoms with van der Waals surface area (Å²) in [6, 6.07) is 11.8. The second kappa shape index (κ2) is 7.27. The fourth-order valence-electron chi connectivity index (χ4n) is 2.32. The van der Waals surface area contributed by atoms with Gasteiger partial charge in [0.25, 0.3) is 5.91 Å². The van der Waals surface area contributed by atoms with Crippen LogP contribution in [0.5, 0.6) is 0 Å². The molecule has 132 valence electrons. The predicted molar refractivity (Wildman–Crippen MR) is 98.9 cm³/mol. The molecule has 0 saturated carbocycles. The lowest BCUT2D eigenvalue weighted by Crippen LogP contribution is -2.27. The maximum absolute atomic E-state index is 13.9. The molecule has 3 rings (SSSR count). The Morgan fingerprint density at radius 1 is 1.08 bits per heavy atom. The Morgan fingerprint density at radius 2 is 1.73 bits per heavy atom. The van der Waals surface area contributed by atoms with Gasteiger partial charge >= 0.3 is 0 Å². The number of nitrogens with one attached hydrogen (secondary N) is 1. The van der Waals surface area contributed by atoms with Crippen LogP contribution in [0.4, 0.5) is 10.1 Å². The SMILES string of the molecule is Cc1cc(=O)c(C(=O)Nc2ccc(Cl)cc2F)nn1-c1ccc(Cl)cc1. The van der Waals surface area contributed by atoms with Crippen LogP contribution in [0.1, 0.15) is 16.2 Å². The second-order valence-electron chi connectivity index (χ2n) is 5.47. The average Bonchev–Trinajstić information content (AvgIpc) is 2.58. The molecule has 1 heterocycles. The first-order valence-corrected chi connectivity index (χ1v) is 8.24. The number of anilines is 1. The molecule has 0 atom stereocenters. The zero-order valence-electron chi connectivity index (χ0n) is 13.5. The number of hydrogen-bond donors (Lipinski definition) is 1. The number of aryl methyl sites for hydroxylation is 1. The van der Waals surface area contributed by atoms with Crippen LogP contribution in [-0.2, 0) is 0 Å². The van der Waals surface area contributed by atoms with E-state index in [1.54, 1.807) is 31.2 Å².